The van der Waals surface area contributed by atoms with Gasteiger partial charge in [-0.2, -0.15) is 5.10 Å². The number of likely N-dealkylation sites (tertiary alicyclic amines) is 1. The number of piperidine rings is 1. The van der Waals surface area contributed by atoms with Crippen LogP contribution >= 0.6 is 11.6 Å². The lowest BCUT2D eigenvalue weighted by molar-refractivity contribution is 0.165. The normalized spacial score (nSPS) is 18.9. The van der Waals surface area contributed by atoms with Gasteiger partial charge in [-0.3, -0.25) is 9.58 Å². The van der Waals surface area contributed by atoms with E-state index in [1.165, 1.54) is 31.5 Å². The maximum Gasteiger partial charge on any atom is 0.131 e. The second kappa shape index (κ2) is 8.15. The Balaban J connectivity index is 1.47. The van der Waals surface area contributed by atoms with Gasteiger partial charge in [0.15, 0.2) is 0 Å². The third-order valence-electron chi connectivity index (χ3n) is 4.86. The number of nitrogens with one attached hydrogen (secondary N) is 1. The minimum atomic E-state index is 0.707. The Morgan fingerprint density at radius 2 is 2.08 bits per heavy atom. The van der Waals surface area contributed by atoms with E-state index >= 15 is 0 Å². The Morgan fingerprint density at radius 1 is 1.29 bits per heavy atom. The molecule has 0 saturated carbocycles. The Labute approximate surface area is 149 Å². The Bertz CT molecular complexity index is 653. The smallest absolute Gasteiger partial charge is 0.131 e. The molecule has 3 rings (SSSR count). The van der Waals surface area contributed by atoms with Crippen LogP contribution in [0.15, 0.2) is 30.3 Å². The third-order valence-corrected chi connectivity index (χ3v) is 5.33. The van der Waals surface area contributed by atoms with Crippen LogP contribution in [-0.2, 0) is 20.1 Å². The molecule has 4 nitrogen and oxygen atoms in total. The lowest BCUT2D eigenvalue weighted by Gasteiger charge is -2.33. The van der Waals surface area contributed by atoms with Crippen LogP contribution in [0.5, 0.6) is 0 Å². The molecule has 1 atom stereocenters. The Morgan fingerprint density at radius 3 is 2.79 bits per heavy atom. The van der Waals surface area contributed by atoms with Crippen molar-refractivity contribution in [3.8, 4) is 0 Å². The van der Waals surface area contributed by atoms with Crippen LogP contribution in [0.2, 0.25) is 5.15 Å². The first-order chi connectivity index (χ1) is 11.6. The summed E-state index contributed by atoms with van der Waals surface area (Å²) in [4.78, 5) is 2.58. The van der Waals surface area contributed by atoms with E-state index in [1.807, 2.05) is 14.0 Å². The summed E-state index contributed by atoms with van der Waals surface area (Å²) in [5.74, 6) is 0.707. The second-order valence-electron chi connectivity index (χ2n) is 6.84. The van der Waals surface area contributed by atoms with E-state index in [4.69, 9.17) is 11.6 Å². The molecule has 2 aromatic rings. The summed E-state index contributed by atoms with van der Waals surface area (Å²) in [7, 11) is 1.89. The SMILES string of the molecule is Cc1nn(C)c(Cl)c1CNCC1CCCN(Cc2ccccc2)C1. The van der Waals surface area contributed by atoms with Crippen molar-refractivity contribution in [3.63, 3.8) is 0 Å². The molecule has 2 heterocycles. The van der Waals surface area contributed by atoms with Gasteiger partial charge in [0.2, 0.25) is 0 Å². The number of hydrogen-bond acceptors (Lipinski definition) is 3. The summed E-state index contributed by atoms with van der Waals surface area (Å²) in [6.45, 7) is 7.29. The van der Waals surface area contributed by atoms with Crippen molar-refractivity contribution in [3.05, 3.63) is 52.3 Å². The molecule has 130 valence electrons. The van der Waals surface area contributed by atoms with Crippen LogP contribution in [0.25, 0.3) is 0 Å². The number of aromatic nitrogens is 2. The average Bonchev–Trinajstić information content (AvgIpc) is 2.82. The highest BCUT2D eigenvalue weighted by Crippen LogP contribution is 2.20. The van der Waals surface area contributed by atoms with Crippen LogP contribution in [0, 0.1) is 12.8 Å². The van der Waals surface area contributed by atoms with E-state index in [0.717, 1.165) is 36.0 Å². The first kappa shape index (κ1) is 17.5. The average molecular weight is 347 g/mol. The lowest BCUT2D eigenvalue weighted by Crippen LogP contribution is -2.39. The van der Waals surface area contributed by atoms with Gasteiger partial charge in [0.25, 0.3) is 0 Å². The summed E-state index contributed by atoms with van der Waals surface area (Å²) in [6.07, 6.45) is 2.59. The highest BCUT2D eigenvalue weighted by molar-refractivity contribution is 6.30. The lowest BCUT2D eigenvalue weighted by atomic mass is 9.97. The van der Waals surface area contributed by atoms with Crippen LogP contribution in [0.3, 0.4) is 0 Å². The number of hydrogen-bond donors (Lipinski definition) is 1. The molecule has 0 amide bonds. The van der Waals surface area contributed by atoms with E-state index in [9.17, 15) is 0 Å². The number of nitrogens with zero attached hydrogens (tertiary/aromatic N) is 3. The van der Waals surface area contributed by atoms with Crippen molar-refractivity contribution in [2.75, 3.05) is 19.6 Å². The summed E-state index contributed by atoms with van der Waals surface area (Å²) in [6, 6.07) is 10.8. The number of rotatable bonds is 6. The van der Waals surface area contributed by atoms with Gasteiger partial charge in [-0.1, -0.05) is 41.9 Å². The van der Waals surface area contributed by atoms with Gasteiger partial charge in [0.05, 0.1) is 5.69 Å². The quantitative estimate of drug-likeness (QED) is 0.870. The molecule has 1 N–H and O–H groups in total. The first-order valence-electron chi connectivity index (χ1n) is 8.78. The fourth-order valence-electron chi connectivity index (χ4n) is 3.58. The molecule has 1 aromatic heterocycles. The zero-order valence-corrected chi connectivity index (χ0v) is 15.4. The predicted molar refractivity (Wildman–Crippen MR) is 99.1 cm³/mol. The van der Waals surface area contributed by atoms with Crippen molar-refractivity contribution < 1.29 is 0 Å². The molecule has 1 fully saturated rings. The molecule has 24 heavy (non-hydrogen) atoms. The minimum absolute atomic E-state index is 0.707. The molecule has 1 aromatic carbocycles. The summed E-state index contributed by atoms with van der Waals surface area (Å²) < 4.78 is 1.75. The van der Waals surface area contributed by atoms with Crippen molar-refractivity contribution >= 4 is 11.6 Å². The van der Waals surface area contributed by atoms with E-state index in [0.29, 0.717) is 5.92 Å². The van der Waals surface area contributed by atoms with Crippen LogP contribution < -0.4 is 5.32 Å². The standard InChI is InChI=1S/C19H27ClN4/c1-15-18(19(20)23(2)22-15)12-21-11-17-9-6-10-24(14-17)13-16-7-4-3-5-8-16/h3-5,7-8,17,21H,6,9-14H2,1-2H3. The molecule has 0 spiro atoms. The Kier molecular flexibility index (Phi) is 5.93. The molecular weight excluding hydrogens is 320 g/mol. The fraction of sp³-hybridized carbons (Fsp3) is 0.526. The van der Waals surface area contributed by atoms with E-state index in [1.54, 1.807) is 4.68 Å². The second-order valence-corrected chi connectivity index (χ2v) is 7.20. The number of benzene rings is 1. The third kappa shape index (κ3) is 4.38. The van der Waals surface area contributed by atoms with E-state index in [-0.39, 0.29) is 0 Å². The van der Waals surface area contributed by atoms with Gasteiger partial charge in [0, 0.05) is 32.2 Å². The van der Waals surface area contributed by atoms with Gasteiger partial charge in [0.1, 0.15) is 5.15 Å². The Hall–Kier alpha value is -1.36. The monoisotopic (exact) mass is 346 g/mol. The minimum Gasteiger partial charge on any atom is -0.312 e. The summed E-state index contributed by atoms with van der Waals surface area (Å²) in [5, 5.41) is 8.70. The maximum absolute atomic E-state index is 6.30. The predicted octanol–water partition coefficient (Wildman–Crippen LogP) is 3.38. The van der Waals surface area contributed by atoms with Crippen molar-refractivity contribution in [2.24, 2.45) is 13.0 Å². The van der Waals surface area contributed by atoms with E-state index < -0.39 is 0 Å². The first-order valence-corrected chi connectivity index (χ1v) is 9.16. The molecule has 0 bridgehead atoms. The van der Waals surface area contributed by atoms with Gasteiger partial charge >= 0.3 is 0 Å². The molecule has 1 aliphatic heterocycles. The van der Waals surface area contributed by atoms with Gasteiger partial charge in [-0.15, -0.1) is 0 Å². The highest BCUT2D eigenvalue weighted by atomic mass is 35.5. The molecule has 1 aliphatic rings. The molecular formula is C19H27ClN4. The molecule has 0 radical (unpaired) electrons. The van der Waals surface area contributed by atoms with Gasteiger partial charge < -0.3 is 5.32 Å². The van der Waals surface area contributed by atoms with Crippen molar-refractivity contribution in [1.29, 1.82) is 0 Å². The largest absolute Gasteiger partial charge is 0.312 e. The molecule has 0 aliphatic carbocycles. The fourth-order valence-corrected chi connectivity index (χ4v) is 3.82. The molecule has 1 saturated heterocycles. The van der Waals surface area contributed by atoms with Crippen LogP contribution in [0.4, 0.5) is 0 Å². The summed E-state index contributed by atoms with van der Waals surface area (Å²) >= 11 is 6.30. The number of aryl methyl sites for hydroxylation is 2. The molecule has 5 heteroatoms. The zero-order valence-electron chi connectivity index (χ0n) is 14.6. The number of halogens is 1. The zero-order chi connectivity index (χ0) is 16.9. The topological polar surface area (TPSA) is 33.1 Å². The van der Waals surface area contributed by atoms with Crippen LogP contribution in [-0.4, -0.2) is 34.3 Å². The molecule has 1 unspecified atom stereocenters. The van der Waals surface area contributed by atoms with E-state index in [2.05, 4.69) is 45.6 Å². The van der Waals surface area contributed by atoms with Crippen LogP contribution in [0.1, 0.15) is 29.7 Å². The van der Waals surface area contributed by atoms with Gasteiger partial charge in [-0.05, 0) is 44.3 Å². The summed E-state index contributed by atoms with van der Waals surface area (Å²) in [5.41, 5.74) is 3.55. The van der Waals surface area contributed by atoms with Gasteiger partial charge in [-0.25, -0.2) is 0 Å². The maximum atomic E-state index is 6.30. The van der Waals surface area contributed by atoms with Crippen molar-refractivity contribution in [1.82, 2.24) is 20.0 Å². The van der Waals surface area contributed by atoms with Crippen molar-refractivity contribution in [2.45, 2.75) is 32.9 Å². The highest BCUT2D eigenvalue weighted by Gasteiger charge is 2.20.